The van der Waals surface area contributed by atoms with Gasteiger partial charge in [-0.1, -0.05) is 18.5 Å². The van der Waals surface area contributed by atoms with Gasteiger partial charge in [0.2, 0.25) is 5.91 Å². The Hall–Kier alpha value is -1.13. The van der Waals surface area contributed by atoms with Gasteiger partial charge in [-0.2, -0.15) is 0 Å². The van der Waals surface area contributed by atoms with Gasteiger partial charge in [0.05, 0.1) is 5.69 Å². The number of aromatic nitrogens is 1. The van der Waals surface area contributed by atoms with E-state index in [0.717, 1.165) is 12.0 Å². The Morgan fingerprint density at radius 3 is 3.06 bits per heavy atom. The molecule has 0 radical (unpaired) electrons. The fourth-order valence-corrected chi connectivity index (χ4v) is 1.29. The predicted octanol–water partition coefficient (Wildman–Crippen LogP) is 2.41. The molecular formula is C11H15ClN2O2. The van der Waals surface area contributed by atoms with Crippen LogP contribution >= 0.6 is 11.6 Å². The summed E-state index contributed by atoms with van der Waals surface area (Å²) < 4.78 is 5.11. The molecule has 0 saturated heterocycles. The molecule has 0 aliphatic rings. The zero-order chi connectivity index (χ0) is 12.0. The van der Waals surface area contributed by atoms with Crippen molar-refractivity contribution in [1.82, 2.24) is 4.98 Å². The van der Waals surface area contributed by atoms with Crippen molar-refractivity contribution in [3.63, 3.8) is 0 Å². The minimum Gasteiger partial charge on any atom is -0.372 e. The van der Waals surface area contributed by atoms with E-state index in [2.05, 4.69) is 10.3 Å². The summed E-state index contributed by atoms with van der Waals surface area (Å²) in [4.78, 5) is 15.4. The molecular weight excluding hydrogens is 228 g/mol. The van der Waals surface area contributed by atoms with Gasteiger partial charge in [-0.05, 0) is 25.0 Å². The second-order valence-electron chi connectivity index (χ2n) is 3.45. The molecule has 16 heavy (non-hydrogen) atoms. The number of nitrogens with one attached hydrogen (secondary N) is 1. The van der Waals surface area contributed by atoms with Crippen LogP contribution in [0.5, 0.6) is 0 Å². The van der Waals surface area contributed by atoms with E-state index in [9.17, 15) is 4.79 Å². The van der Waals surface area contributed by atoms with Crippen LogP contribution in [-0.2, 0) is 9.53 Å². The summed E-state index contributed by atoms with van der Waals surface area (Å²) in [5, 5.41) is 2.94. The molecule has 0 spiro atoms. The van der Waals surface area contributed by atoms with Crippen LogP contribution in [0.25, 0.3) is 0 Å². The molecule has 0 saturated carbocycles. The Bertz CT molecular complexity index is 369. The Morgan fingerprint density at radius 1 is 1.62 bits per heavy atom. The normalized spacial score (nSPS) is 10.2. The van der Waals surface area contributed by atoms with Crippen molar-refractivity contribution in [3.8, 4) is 0 Å². The maximum Gasteiger partial charge on any atom is 0.250 e. The van der Waals surface area contributed by atoms with E-state index in [4.69, 9.17) is 16.3 Å². The van der Waals surface area contributed by atoms with Crippen molar-refractivity contribution in [2.45, 2.75) is 20.3 Å². The third kappa shape index (κ3) is 4.16. The number of nitrogens with zero attached hydrogens (tertiary/aromatic N) is 1. The average Bonchev–Trinajstić information content (AvgIpc) is 2.24. The minimum atomic E-state index is -0.220. The van der Waals surface area contributed by atoms with Crippen LogP contribution in [0.4, 0.5) is 5.69 Å². The standard InChI is InChI=1S/C11H15ClN2O2/c1-3-4-16-7-10(15)14-9-5-8(2)6-13-11(9)12/h5-6H,3-4,7H2,1-2H3,(H,14,15). The highest BCUT2D eigenvalue weighted by Crippen LogP contribution is 2.19. The first kappa shape index (κ1) is 12.9. The van der Waals surface area contributed by atoms with Gasteiger partial charge >= 0.3 is 0 Å². The maximum absolute atomic E-state index is 11.4. The number of amides is 1. The highest BCUT2D eigenvalue weighted by molar-refractivity contribution is 6.32. The maximum atomic E-state index is 11.4. The quantitative estimate of drug-likeness (QED) is 0.637. The van der Waals surface area contributed by atoms with Gasteiger partial charge in [-0.25, -0.2) is 4.98 Å². The average molecular weight is 243 g/mol. The largest absolute Gasteiger partial charge is 0.372 e. The van der Waals surface area contributed by atoms with Crippen LogP contribution in [0.2, 0.25) is 5.15 Å². The van der Waals surface area contributed by atoms with E-state index < -0.39 is 0 Å². The number of aryl methyl sites for hydroxylation is 1. The monoisotopic (exact) mass is 242 g/mol. The SMILES string of the molecule is CCCOCC(=O)Nc1cc(C)cnc1Cl. The fourth-order valence-electron chi connectivity index (χ4n) is 1.14. The lowest BCUT2D eigenvalue weighted by Gasteiger charge is -2.07. The third-order valence-electron chi connectivity index (χ3n) is 1.83. The molecule has 1 heterocycles. The molecule has 5 heteroatoms. The Balaban J connectivity index is 2.52. The molecule has 0 unspecified atom stereocenters. The number of pyridine rings is 1. The summed E-state index contributed by atoms with van der Waals surface area (Å²) in [5.74, 6) is -0.220. The van der Waals surface area contributed by atoms with Gasteiger partial charge in [0.1, 0.15) is 6.61 Å². The lowest BCUT2D eigenvalue weighted by Crippen LogP contribution is -2.19. The summed E-state index contributed by atoms with van der Waals surface area (Å²) in [6.07, 6.45) is 2.53. The number of hydrogen-bond acceptors (Lipinski definition) is 3. The van der Waals surface area contributed by atoms with Gasteiger partial charge in [0, 0.05) is 12.8 Å². The molecule has 0 fully saturated rings. The summed E-state index contributed by atoms with van der Waals surface area (Å²) in [6, 6.07) is 1.77. The summed E-state index contributed by atoms with van der Waals surface area (Å²) in [5.41, 5.74) is 1.46. The molecule has 4 nitrogen and oxygen atoms in total. The van der Waals surface area contributed by atoms with Crippen LogP contribution in [0, 0.1) is 6.92 Å². The zero-order valence-electron chi connectivity index (χ0n) is 9.42. The van der Waals surface area contributed by atoms with E-state index in [1.807, 2.05) is 13.8 Å². The fraction of sp³-hybridized carbons (Fsp3) is 0.455. The summed E-state index contributed by atoms with van der Waals surface area (Å²) in [7, 11) is 0. The smallest absolute Gasteiger partial charge is 0.250 e. The van der Waals surface area contributed by atoms with E-state index >= 15 is 0 Å². The predicted molar refractivity (Wildman–Crippen MR) is 63.7 cm³/mol. The highest BCUT2D eigenvalue weighted by atomic mass is 35.5. The minimum absolute atomic E-state index is 0.0398. The number of halogens is 1. The first-order valence-corrected chi connectivity index (χ1v) is 5.51. The highest BCUT2D eigenvalue weighted by Gasteiger charge is 2.06. The molecule has 1 amide bonds. The number of hydrogen-bond donors (Lipinski definition) is 1. The second-order valence-corrected chi connectivity index (χ2v) is 3.81. The van der Waals surface area contributed by atoms with Crippen LogP contribution in [0.15, 0.2) is 12.3 Å². The van der Waals surface area contributed by atoms with Crippen molar-refractivity contribution in [1.29, 1.82) is 0 Å². The summed E-state index contributed by atoms with van der Waals surface area (Å²) >= 11 is 5.83. The third-order valence-corrected chi connectivity index (χ3v) is 2.13. The van der Waals surface area contributed by atoms with Crippen molar-refractivity contribution >= 4 is 23.2 Å². The Labute approximate surface area is 100.0 Å². The Morgan fingerprint density at radius 2 is 2.38 bits per heavy atom. The van der Waals surface area contributed by atoms with E-state index in [1.54, 1.807) is 12.3 Å². The molecule has 0 aliphatic heterocycles. The van der Waals surface area contributed by atoms with Crippen LogP contribution in [-0.4, -0.2) is 24.1 Å². The topological polar surface area (TPSA) is 51.2 Å². The number of rotatable bonds is 5. The van der Waals surface area contributed by atoms with Crippen molar-refractivity contribution < 1.29 is 9.53 Å². The van der Waals surface area contributed by atoms with E-state index in [1.165, 1.54) is 0 Å². The molecule has 1 rings (SSSR count). The van der Waals surface area contributed by atoms with Crippen molar-refractivity contribution in [2.24, 2.45) is 0 Å². The number of ether oxygens (including phenoxy) is 1. The second kappa shape index (κ2) is 6.45. The number of carbonyl (C=O) groups is 1. The molecule has 0 aliphatic carbocycles. The van der Waals surface area contributed by atoms with Crippen LogP contribution in [0.3, 0.4) is 0 Å². The molecule has 0 bridgehead atoms. The van der Waals surface area contributed by atoms with Crippen LogP contribution in [0.1, 0.15) is 18.9 Å². The van der Waals surface area contributed by atoms with Gasteiger partial charge in [0.25, 0.3) is 0 Å². The van der Waals surface area contributed by atoms with E-state index in [-0.39, 0.29) is 17.7 Å². The van der Waals surface area contributed by atoms with Gasteiger partial charge < -0.3 is 10.1 Å². The lowest BCUT2D eigenvalue weighted by molar-refractivity contribution is -0.120. The molecule has 0 aromatic carbocycles. The van der Waals surface area contributed by atoms with E-state index in [0.29, 0.717) is 12.3 Å². The van der Waals surface area contributed by atoms with Crippen LogP contribution < -0.4 is 5.32 Å². The Kier molecular flexibility index (Phi) is 5.22. The summed E-state index contributed by atoms with van der Waals surface area (Å²) in [6.45, 7) is 4.48. The lowest BCUT2D eigenvalue weighted by atomic mass is 10.3. The van der Waals surface area contributed by atoms with Gasteiger partial charge in [-0.15, -0.1) is 0 Å². The molecule has 1 aromatic rings. The zero-order valence-corrected chi connectivity index (χ0v) is 10.2. The van der Waals surface area contributed by atoms with Crippen molar-refractivity contribution in [2.75, 3.05) is 18.5 Å². The van der Waals surface area contributed by atoms with Gasteiger partial charge in [-0.3, -0.25) is 4.79 Å². The van der Waals surface area contributed by atoms with Gasteiger partial charge in [0.15, 0.2) is 5.15 Å². The molecule has 88 valence electrons. The van der Waals surface area contributed by atoms with Crippen molar-refractivity contribution in [3.05, 3.63) is 23.0 Å². The molecule has 1 aromatic heterocycles. The molecule has 1 N–H and O–H groups in total. The first-order chi connectivity index (χ1) is 7.63. The first-order valence-electron chi connectivity index (χ1n) is 5.13. The number of carbonyl (C=O) groups excluding carboxylic acids is 1. The number of anilines is 1. The molecule has 0 atom stereocenters.